The van der Waals surface area contributed by atoms with Crippen molar-refractivity contribution in [3.05, 3.63) is 59.1 Å². The molecule has 82 valence electrons. The summed E-state index contributed by atoms with van der Waals surface area (Å²) in [6.45, 7) is 0. The SMILES string of the molecule is Clc1cc(CCCc2ccccc2)ncn1. The summed E-state index contributed by atoms with van der Waals surface area (Å²) in [5.41, 5.74) is 2.37. The third-order valence-electron chi connectivity index (χ3n) is 2.43. The van der Waals surface area contributed by atoms with Gasteiger partial charge in [0.2, 0.25) is 0 Å². The molecule has 0 unspecified atom stereocenters. The van der Waals surface area contributed by atoms with Gasteiger partial charge in [-0.3, -0.25) is 0 Å². The van der Waals surface area contributed by atoms with Crippen molar-refractivity contribution in [2.45, 2.75) is 19.3 Å². The van der Waals surface area contributed by atoms with Crippen molar-refractivity contribution in [2.24, 2.45) is 0 Å². The van der Waals surface area contributed by atoms with Gasteiger partial charge in [0.25, 0.3) is 0 Å². The molecule has 0 atom stereocenters. The van der Waals surface area contributed by atoms with Gasteiger partial charge in [-0.25, -0.2) is 9.97 Å². The predicted octanol–water partition coefficient (Wildman–Crippen LogP) is 3.31. The zero-order valence-corrected chi connectivity index (χ0v) is 9.69. The predicted molar refractivity (Wildman–Crippen MR) is 65.5 cm³/mol. The Bertz CT molecular complexity index is 443. The fourth-order valence-corrected chi connectivity index (χ4v) is 1.79. The zero-order chi connectivity index (χ0) is 11.2. The van der Waals surface area contributed by atoms with Crippen LogP contribution in [-0.2, 0) is 12.8 Å². The molecular weight excluding hydrogens is 220 g/mol. The monoisotopic (exact) mass is 232 g/mol. The Kier molecular flexibility index (Phi) is 3.89. The standard InChI is InChI=1S/C13H13ClN2/c14-13-9-12(15-10-16-13)8-4-7-11-5-2-1-3-6-11/h1-3,5-6,9-10H,4,7-8H2. The first-order valence-corrected chi connectivity index (χ1v) is 5.73. The Balaban J connectivity index is 1.85. The molecule has 2 rings (SSSR count). The lowest BCUT2D eigenvalue weighted by Gasteiger charge is -2.01. The van der Waals surface area contributed by atoms with E-state index in [4.69, 9.17) is 11.6 Å². The lowest BCUT2D eigenvalue weighted by molar-refractivity contribution is 0.795. The van der Waals surface area contributed by atoms with Crippen molar-refractivity contribution in [1.82, 2.24) is 9.97 Å². The van der Waals surface area contributed by atoms with E-state index in [9.17, 15) is 0 Å². The number of benzene rings is 1. The van der Waals surface area contributed by atoms with Gasteiger partial charge in [-0.15, -0.1) is 0 Å². The molecule has 2 nitrogen and oxygen atoms in total. The van der Waals surface area contributed by atoms with E-state index in [-0.39, 0.29) is 0 Å². The molecule has 0 saturated heterocycles. The molecule has 0 radical (unpaired) electrons. The van der Waals surface area contributed by atoms with Crippen LogP contribution in [0.25, 0.3) is 0 Å². The molecule has 1 aromatic heterocycles. The highest BCUT2D eigenvalue weighted by molar-refractivity contribution is 6.29. The fourth-order valence-electron chi connectivity index (χ4n) is 1.63. The van der Waals surface area contributed by atoms with Crippen LogP contribution in [0.3, 0.4) is 0 Å². The maximum absolute atomic E-state index is 5.79. The molecule has 0 fully saturated rings. The highest BCUT2D eigenvalue weighted by Gasteiger charge is 1.97. The summed E-state index contributed by atoms with van der Waals surface area (Å²) < 4.78 is 0. The van der Waals surface area contributed by atoms with E-state index in [0.717, 1.165) is 25.0 Å². The molecule has 1 aromatic carbocycles. The number of halogens is 1. The van der Waals surface area contributed by atoms with Crippen molar-refractivity contribution in [1.29, 1.82) is 0 Å². The molecule has 0 aliphatic rings. The molecule has 16 heavy (non-hydrogen) atoms. The van der Waals surface area contributed by atoms with Gasteiger partial charge in [0, 0.05) is 5.69 Å². The third kappa shape index (κ3) is 3.31. The topological polar surface area (TPSA) is 25.8 Å². The lowest BCUT2D eigenvalue weighted by atomic mass is 10.1. The van der Waals surface area contributed by atoms with E-state index < -0.39 is 0 Å². The van der Waals surface area contributed by atoms with Gasteiger partial charge in [0.1, 0.15) is 11.5 Å². The Labute approximate surface area is 100 Å². The van der Waals surface area contributed by atoms with Gasteiger partial charge in [0.15, 0.2) is 0 Å². The summed E-state index contributed by atoms with van der Waals surface area (Å²) in [7, 11) is 0. The summed E-state index contributed by atoms with van der Waals surface area (Å²) in [6, 6.07) is 12.3. The van der Waals surface area contributed by atoms with Gasteiger partial charge >= 0.3 is 0 Å². The van der Waals surface area contributed by atoms with Crippen molar-refractivity contribution in [2.75, 3.05) is 0 Å². The molecule has 0 aliphatic carbocycles. The molecule has 2 aromatic rings. The number of aryl methyl sites for hydroxylation is 2. The van der Waals surface area contributed by atoms with Crippen LogP contribution in [0, 0.1) is 0 Å². The van der Waals surface area contributed by atoms with Crippen molar-refractivity contribution in [3.63, 3.8) is 0 Å². The summed E-state index contributed by atoms with van der Waals surface area (Å²) in [4.78, 5) is 8.04. The Morgan fingerprint density at radius 1 is 1.00 bits per heavy atom. The second-order valence-electron chi connectivity index (χ2n) is 3.67. The normalized spacial score (nSPS) is 10.3. The van der Waals surface area contributed by atoms with Gasteiger partial charge in [-0.1, -0.05) is 41.9 Å². The number of hydrogen-bond acceptors (Lipinski definition) is 2. The largest absolute Gasteiger partial charge is 0.241 e. The van der Waals surface area contributed by atoms with Crippen LogP contribution in [0.4, 0.5) is 0 Å². The zero-order valence-electron chi connectivity index (χ0n) is 8.94. The first-order valence-electron chi connectivity index (χ1n) is 5.35. The Morgan fingerprint density at radius 2 is 1.81 bits per heavy atom. The number of aromatic nitrogens is 2. The fraction of sp³-hybridized carbons (Fsp3) is 0.231. The van der Waals surface area contributed by atoms with Gasteiger partial charge < -0.3 is 0 Å². The Morgan fingerprint density at radius 3 is 2.56 bits per heavy atom. The molecule has 0 N–H and O–H groups in total. The lowest BCUT2D eigenvalue weighted by Crippen LogP contribution is -1.93. The smallest absolute Gasteiger partial charge is 0.132 e. The molecule has 0 aliphatic heterocycles. The van der Waals surface area contributed by atoms with E-state index >= 15 is 0 Å². The molecule has 0 saturated carbocycles. The van der Waals surface area contributed by atoms with Gasteiger partial charge in [-0.2, -0.15) is 0 Å². The highest BCUT2D eigenvalue weighted by Crippen LogP contribution is 2.09. The minimum absolute atomic E-state index is 0.518. The highest BCUT2D eigenvalue weighted by atomic mass is 35.5. The Hall–Kier alpha value is -1.41. The van der Waals surface area contributed by atoms with E-state index in [1.54, 1.807) is 0 Å². The summed E-state index contributed by atoms with van der Waals surface area (Å²) in [6.07, 6.45) is 4.61. The number of nitrogens with zero attached hydrogens (tertiary/aromatic N) is 2. The molecule has 0 spiro atoms. The first-order chi connectivity index (χ1) is 7.84. The quantitative estimate of drug-likeness (QED) is 0.756. The van der Waals surface area contributed by atoms with Crippen molar-refractivity contribution >= 4 is 11.6 Å². The summed E-state index contributed by atoms with van der Waals surface area (Å²) in [5, 5.41) is 0.518. The number of rotatable bonds is 4. The maximum Gasteiger partial charge on any atom is 0.132 e. The first kappa shape index (κ1) is 11.1. The van der Waals surface area contributed by atoms with Gasteiger partial charge in [-0.05, 0) is 30.9 Å². The maximum atomic E-state index is 5.79. The second-order valence-corrected chi connectivity index (χ2v) is 4.06. The second kappa shape index (κ2) is 5.61. The molecule has 1 heterocycles. The van der Waals surface area contributed by atoms with Crippen LogP contribution in [-0.4, -0.2) is 9.97 Å². The van der Waals surface area contributed by atoms with E-state index in [0.29, 0.717) is 5.15 Å². The van der Waals surface area contributed by atoms with Crippen molar-refractivity contribution in [3.8, 4) is 0 Å². The average Bonchev–Trinajstić information content (AvgIpc) is 2.30. The molecule has 0 bridgehead atoms. The van der Waals surface area contributed by atoms with Crippen LogP contribution < -0.4 is 0 Å². The minimum Gasteiger partial charge on any atom is -0.241 e. The van der Waals surface area contributed by atoms with E-state index in [1.807, 2.05) is 12.1 Å². The average molecular weight is 233 g/mol. The van der Waals surface area contributed by atoms with Crippen LogP contribution >= 0.6 is 11.6 Å². The van der Waals surface area contributed by atoms with Crippen LogP contribution in [0.1, 0.15) is 17.7 Å². The molecule has 3 heteroatoms. The minimum atomic E-state index is 0.518. The van der Waals surface area contributed by atoms with Crippen LogP contribution in [0.15, 0.2) is 42.7 Å². The van der Waals surface area contributed by atoms with Gasteiger partial charge in [0.05, 0.1) is 0 Å². The molecular formula is C13H13ClN2. The van der Waals surface area contributed by atoms with Crippen molar-refractivity contribution < 1.29 is 0 Å². The summed E-state index contributed by atoms with van der Waals surface area (Å²) >= 11 is 5.79. The number of hydrogen-bond donors (Lipinski definition) is 0. The molecule has 0 amide bonds. The van der Waals surface area contributed by atoms with E-state index in [2.05, 4.69) is 34.2 Å². The van der Waals surface area contributed by atoms with Crippen LogP contribution in [0.5, 0.6) is 0 Å². The summed E-state index contributed by atoms with van der Waals surface area (Å²) in [5.74, 6) is 0. The third-order valence-corrected chi connectivity index (χ3v) is 2.64. The van der Waals surface area contributed by atoms with Crippen LogP contribution in [0.2, 0.25) is 5.15 Å². The van der Waals surface area contributed by atoms with E-state index in [1.165, 1.54) is 11.9 Å².